The van der Waals surface area contributed by atoms with Crippen molar-refractivity contribution in [2.75, 3.05) is 5.32 Å². The van der Waals surface area contributed by atoms with Crippen LogP contribution in [-0.4, -0.2) is 21.0 Å². The number of thioether (sulfide) groups is 1. The fraction of sp³-hybridized carbons (Fsp3) is 0.263. The van der Waals surface area contributed by atoms with E-state index in [1.165, 1.54) is 11.8 Å². The standard InChI is InChI=1S/C19H20N4O2S/c1-11-10-16(23-25-11)22-18(24)17(15-8-6-5-7-9-15)26-19-20-13(3)12(2)14(4)21-19/h5-10,17H,1-4H3,(H,22,23,24). The molecule has 0 radical (unpaired) electrons. The number of anilines is 1. The Hall–Kier alpha value is -2.67. The minimum absolute atomic E-state index is 0.200. The minimum atomic E-state index is -0.505. The molecule has 1 unspecified atom stereocenters. The molecule has 1 amide bonds. The first-order valence-electron chi connectivity index (χ1n) is 8.21. The summed E-state index contributed by atoms with van der Waals surface area (Å²) in [5, 5.41) is 6.70. The number of carbonyl (C=O) groups excluding carboxylic acids is 1. The summed E-state index contributed by atoms with van der Waals surface area (Å²) in [6, 6.07) is 11.2. The molecule has 0 fully saturated rings. The Bertz CT molecular complexity index is 901. The number of nitrogens with zero attached hydrogens (tertiary/aromatic N) is 3. The number of hydrogen-bond acceptors (Lipinski definition) is 6. The fourth-order valence-electron chi connectivity index (χ4n) is 2.42. The Morgan fingerprint density at radius 2 is 1.73 bits per heavy atom. The van der Waals surface area contributed by atoms with Crippen LogP contribution in [0.15, 0.2) is 46.1 Å². The SMILES string of the molecule is Cc1cc(NC(=O)C(Sc2nc(C)c(C)c(C)n2)c2ccccc2)no1. The lowest BCUT2D eigenvalue weighted by Gasteiger charge is -2.16. The molecule has 0 bridgehead atoms. The predicted molar refractivity (Wildman–Crippen MR) is 101 cm³/mol. The second-order valence-corrected chi connectivity index (χ2v) is 7.09. The van der Waals surface area contributed by atoms with Crippen LogP contribution < -0.4 is 5.32 Å². The van der Waals surface area contributed by atoms with Crippen LogP contribution in [0.4, 0.5) is 5.82 Å². The van der Waals surface area contributed by atoms with E-state index in [4.69, 9.17) is 4.52 Å². The highest BCUT2D eigenvalue weighted by Crippen LogP contribution is 2.35. The zero-order valence-corrected chi connectivity index (χ0v) is 15.9. The van der Waals surface area contributed by atoms with E-state index in [1.54, 1.807) is 13.0 Å². The molecule has 3 rings (SSSR count). The van der Waals surface area contributed by atoms with Gasteiger partial charge in [-0.05, 0) is 38.8 Å². The summed E-state index contributed by atoms with van der Waals surface area (Å²) < 4.78 is 5.02. The smallest absolute Gasteiger partial charge is 0.243 e. The van der Waals surface area contributed by atoms with E-state index in [9.17, 15) is 4.79 Å². The number of carbonyl (C=O) groups is 1. The lowest BCUT2D eigenvalue weighted by atomic mass is 10.1. The lowest BCUT2D eigenvalue weighted by molar-refractivity contribution is -0.115. The van der Waals surface area contributed by atoms with E-state index in [-0.39, 0.29) is 5.91 Å². The first kappa shape index (κ1) is 18.1. The maximum atomic E-state index is 12.9. The van der Waals surface area contributed by atoms with Crippen molar-refractivity contribution in [3.8, 4) is 0 Å². The molecule has 2 aromatic heterocycles. The van der Waals surface area contributed by atoms with Gasteiger partial charge >= 0.3 is 0 Å². The number of hydrogen-bond donors (Lipinski definition) is 1. The van der Waals surface area contributed by atoms with Crippen LogP contribution in [0.2, 0.25) is 0 Å². The highest BCUT2D eigenvalue weighted by Gasteiger charge is 2.24. The van der Waals surface area contributed by atoms with Crippen molar-refractivity contribution in [1.29, 1.82) is 0 Å². The third kappa shape index (κ3) is 4.11. The van der Waals surface area contributed by atoms with Gasteiger partial charge in [-0.2, -0.15) is 0 Å². The highest BCUT2D eigenvalue weighted by atomic mass is 32.2. The summed E-state index contributed by atoms with van der Waals surface area (Å²) in [5.41, 5.74) is 3.77. The molecule has 0 saturated carbocycles. The maximum Gasteiger partial charge on any atom is 0.243 e. The van der Waals surface area contributed by atoms with E-state index in [0.717, 1.165) is 22.5 Å². The van der Waals surface area contributed by atoms with Crippen molar-refractivity contribution in [3.63, 3.8) is 0 Å². The Morgan fingerprint density at radius 1 is 1.08 bits per heavy atom. The average molecular weight is 368 g/mol. The predicted octanol–water partition coefficient (Wildman–Crippen LogP) is 4.17. The number of nitrogens with one attached hydrogen (secondary N) is 1. The number of rotatable bonds is 5. The van der Waals surface area contributed by atoms with Crippen molar-refractivity contribution in [2.24, 2.45) is 0 Å². The summed E-state index contributed by atoms with van der Waals surface area (Å²) in [7, 11) is 0. The average Bonchev–Trinajstić information content (AvgIpc) is 3.03. The van der Waals surface area contributed by atoms with Gasteiger partial charge in [-0.1, -0.05) is 47.3 Å². The Morgan fingerprint density at radius 3 is 2.31 bits per heavy atom. The largest absolute Gasteiger partial charge is 0.360 e. The molecule has 0 aliphatic rings. The van der Waals surface area contributed by atoms with Gasteiger partial charge in [0.2, 0.25) is 5.91 Å². The molecule has 0 spiro atoms. The third-order valence-corrected chi connectivity index (χ3v) is 5.17. The molecule has 0 aliphatic heterocycles. The van der Waals surface area contributed by atoms with Crippen molar-refractivity contribution in [1.82, 2.24) is 15.1 Å². The molecule has 134 valence electrons. The van der Waals surface area contributed by atoms with Crippen LogP contribution in [0.5, 0.6) is 0 Å². The summed E-state index contributed by atoms with van der Waals surface area (Å²) in [6.07, 6.45) is 0. The van der Waals surface area contributed by atoms with Crippen LogP contribution in [0.1, 0.15) is 33.5 Å². The van der Waals surface area contributed by atoms with Gasteiger partial charge in [0.1, 0.15) is 11.0 Å². The minimum Gasteiger partial charge on any atom is -0.360 e. The van der Waals surface area contributed by atoms with Crippen molar-refractivity contribution >= 4 is 23.5 Å². The molecule has 26 heavy (non-hydrogen) atoms. The molecule has 1 atom stereocenters. The summed E-state index contributed by atoms with van der Waals surface area (Å²) in [4.78, 5) is 22.0. The molecule has 3 aromatic rings. The molecule has 0 saturated heterocycles. The monoisotopic (exact) mass is 368 g/mol. The van der Waals surface area contributed by atoms with E-state index >= 15 is 0 Å². The second kappa shape index (κ2) is 7.70. The van der Waals surface area contributed by atoms with E-state index in [0.29, 0.717) is 16.7 Å². The third-order valence-electron chi connectivity index (χ3n) is 4.06. The topological polar surface area (TPSA) is 80.9 Å². The highest BCUT2D eigenvalue weighted by molar-refractivity contribution is 8.00. The van der Waals surface area contributed by atoms with Gasteiger partial charge in [-0.15, -0.1) is 0 Å². The van der Waals surface area contributed by atoms with E-state index < -0.39 is 5.25 Å². The molecule has 2 heterocycles. The maximum absolute atomic E-state index is 12.9. The molecule has 7 heteroatoms. The molecule has 0 aliphatic carbocycles. The van der Waals surface area contributed by atoms with Crippen molar-refractivity contribution < 1.29 is 9.32 Å². The zero-order valence-electron chi connectivity index (χ0n) is 15.1. The number of aryl methyl sites for hydroxylation is 3. The van der Waals surface area contributed by atoms with Crippen molar-refractivity contribution in [2.45, 2.75) is 38.1 Å². The Balaban J connectivity index is 1.90. The Kier molecular flexibility index (Phi) is 5.37. The van der Waals surface area contributed by atoms with Gasteiger partial charge in [0.05, 0.1) is 0 Å². The van der Waals surface area contributed by atoms with Gasteiger partial charge < -0.3 is 9.84 Å². The molecule has 6 nitrogen and oxygen atoms in total. The number of benzene rings is 1. The second-order valence-electron chi connectivity index (χ2n) is 6.02. The van der Waals surface area contributed by atoms with E-state index in [2.05, 4.69) is 20.4 Å². The normalized spacial score (nSPS) is 12.0. The summed E-state index contributed by atoms with van der Waals surface area (Å²) in [6.45, 7) is 7.67. The molecular formula is C19H20N4O2S. The van der Waals surface area contributed by atoms with Crippen LogP contribution in [0.25, 0.3) is 0 Å². The number of aromatic nitrogens is 3. The van der Waals surface area contributed by atoms with Crippen LogP contribution in [0.3, 0.4) is 0 Å². The number of amides is 1. The molecular weight excluding hydrogens is 348 g/mol. The van der Waals surface area contributed by atoms with Gasteiger partial charge in [-0.25, -0.2) is 9.97 Å². The zero-order chi connectivity index (χ0) is 18.7. The lowest BCUT2D eigenvalue weighted by Crippen LogP contribution is -2.19. The fourth-order valence-corrected chi connectivity index (χ4v) is 3.47. The van der Waals surface area contributed by atoms with Gasteiger partial charge in [-0.3, -0.25) is 4.79 Å². The first-order valence-corrected chi connectivity index (χ1v) is 9.09. The first-order chi connectivity index (χ1) is 12.4. The van der Waals surface area contributed by atoms with Gasteiger partial charge in [0.15, 0.2) is 11.0 Å². The Labute approximate surface area is 156 Å². The molecule has 1 aromatic carbocycles. The van der Waals surface area contributed by atoms with Gasteiger partial charge in [0, 0.05) is 17.5 Å². The summed E-state index contributed by atoms with van der Waals surface area (Å²) in [5.74, 6) is 0.831. The van der Waals surface area contributed by atoms with Crippen LogP contribution >= 0.6 is 11.8 Å². The van der Waals surface area contributed by atoms with E-state index in [1.807, 2.05) is 51.1 Å². The summed E-state index contributed by atoms with van der Waals surface area (Å²) >= 11 is 1.32. The van der Waals surface area contributed by atoms with Crippen molar-refractivity contribution in [3.05, 3.63) is 64.7 Å². The van der Waals surface area contributed by atoms with Crippen LogP contribution in [0, 0.1) is 27.7 Å². The van der Waals surface area contributed by atoms with Gasteiger partial charge in [0.25, 0.3) is 0 Å². The quantitative estimate of drug-likeness (QED) is 0.538. The molecule has 1 N–H and O–H groups in total. The van der Waals surface area contributed by atoms with Crippen LogP contribution in [-0.2, 0) is 4.79 Å².